The molecule has 0 radical (unpaired) electrons. The number of hydrogen-bond acceptors (Lipinski definition) is 5. The number of hydrogen-bond donors (Lipinski definition) is 1. The van der Waals surface area contributed by atoms with Crippen LogP contribution in [-0.2, 0) is 17.6 Å². The third-order valence-electron chi connectivity index (χ3n) is 4.74. The SMILES string of the molecule is N#Cc1c(NC(=O)CSc2cccc3cccnc23)sc2c1CCCCC2. The lowest BCUT2D eigenvalue weighted by Gasteiger charge is -2.06. The van der Waals surface area contributed by atoms with Gasteiger partial charge in [0, 0.05) is 21.4 Å². The largest absolute Gasteiger partial charge is 0.316 e. The molecular formula is C21H19N3OS2. The fourth-order valence-electron chi connectivity index (χ4n) is 3.45. The summed E-state index contributed by atoms with van der Waals surface area (Å²) in [6.07, 6.45) is 7.22. The van der Waals surface area contributed by atoms with E-state index in [-0.39, 0.29) is 5.91 Å². The second kappa shape index (κ2) is 8.12. The molecule has 0 atom stereocenters. The molecule has 6 heteroatoms. The molecule has 136 valence electrons. The number of anilines is 1. The summed E-state index contributed by atoms with van der Waals surface area (Å²) in [5, 5.41) is 14.3. The molecule has 1 aromatic carbocycles. The smallest absolute Gasteiger partial charge is 0.235 e. The molecule has 0 aliphatic heterocycles. The number of aromatic nitrogens is 1. The molecule has 0 unspecified atom stereocenters. The highest BCUT2D eigenvalue weighted by molar-refractivity contribution is 8.00. The zero-order valence-corrected chi connectivity index (χ0v) is 16.5. The quantitative estimate of drug-likeness (QED) is 0.491. The van der Waals surface area contributed by atoms with Gasteiger partial charge in [-0.1, -0.05) is 24.6 Å². The zero-order chi connectivity index (χ0) is 18.6. The van der Waals surface area contributed by atoms with Gasteiger partial charge < -0.3 is 5.32 Å². The molecule has 1 N–H and O–H groups in total. The molecule has 0 saturated heterocycles. The van der Waals surface area contributed by atoms with Crippen LogP contribution in [0.1, 0.15) is 35.3 Å². The molecule has 2 heterocycles. The van der Waals surface area contributed by atoms with Crippen LogP contribution < -0.4 is 5.32 Å². The maximum Gasteiger partial charge on any atom is 0.235 e. The van der Waals surface area contributed by atoms with Gasteiger partial charge >= 0.3 is 0 Å². The first-order chi connectivity index (χ1) is 13.3. The lowest BCUT2D eigenvalue weighted by molar-refractivity contribution is -0.113. The van der Waals surface area contributed by atoms with Gasteiger partial charge in [-0.3, -0.25) is 9.78 Å². The number of para-hydroxylation sites is 1. The molecule has 2 aromatic heterocycles. The number of thioether (sulfide) groups is 1. The highest BCUT2D eigenvalue weighted by atomic mass is 32.2. The van der Waals surface area contributed by atoms with Gasteiger partial charge in [0.1, 0.15) is 11.1 Å². The maximum atomic E-state index is 12.5. The standard InChI is InChI=1S/C21H19N3OS2/c22-12-16-15-8-2-1-3-9-17(15)27-21(16)24-19(25)13-26-18-10-4-6-14-7-5-11-23-20(14)18/h4-7,10-11H,1-3,8-9,13H2,(H,24,25). The fraction of sp³-hybridized carbons (Fsp3) is 0.286. The minimum atomic E-state index is -0.0826. The number of benzene rings is 1. The molecular weight excluding hydrogens is 374 g/mol. The van der Waals surface area contributed by atoms with Crippen LogP contribution in [0.2, 0.25) is 0 Å². The zero-order valence-electron chi connectivity index (χ0n) is 14.8. The molecule has 4 nitrogen and oxygen atoms in total. The predicted molar refractivity (Wildman–Crippen MR) is 111 cm³/mol. The van der Waals surface area contributed by atoms with Crippen LogP contribution in [0.15, 0.2) is 41.4 Å². The summed E-state index contributed by atoms with van der Waals surface area (Å²) in [7, 11) is 0. The van der Waals surface area contributed by atoms with Crippen LogP contribution in [0.25, 0.3) is 10.9 Å². The Hall–Kier alpha value is -2.36. The average molecular weight is 394 g/mol. The van der Waals surface area contributed by atoms with Gasteiger partial charge in [-0.15, -0.1) is 23.1 Å². The first kappa shape index (κ1) is 18.0. The first-order valence-corrected chi connectivity index (χ1v) is 10.9. The second-order valence-corrected chi connectivity index (χ2v) is 8.67. The Morgan fingerprint density at radius 1 is 1.22 bits per heavy atom. The van der Waals surface area contributed by atoms with E-state index >= 15 is 0 Å². The van der Waals surface area contributed by atoms with Crippen molar-refractivity contribution in [1.29, 1.82) is 5.26 Å². The third-order valence-corrected chi connectivity index (χ3v) is 6.99. The maximum absolute atomic E-state index is 12.5. The van der Waals surface area contributed by atoms with Crippen molar-refractivity contribution in [3.8, 4) is 6.07 Å². The summed E-state index contributed by atoms with van der Waals surface area (Å²) in [6, 6.07) is 12.2. The number of amides is 1. The number of nitriles is 1. The summed E-state index contributed by atoms with van der Waals surface area (Å²) in [5.74, 6) is 0.212. The molecule has 1 amide bonds. The summed E-state index contributed by atoms with van der Waals surface area (Å²) in [5.41, 5.74) is 2.74. The van der Waals surface area contributed by atoms with Gasteiger partial charge in [0.2, 0.25) is 5.91 Å². The molecule has 1 aliphatic rings. The number of nitrogens with one attached hydrogen (secondary N) is 1. The minimum Gasteiger partial charge on any atom is -0.316 e. The topological polar surface area (TPSA) is 65.8 Å². The van der Waals surface area contributed by atoms with E-state index in [1.54, 1.807) is 17.5 Å². The van der Waals surface area contributed by atoms with Crippen LogP contribution >= 0.6 is 23.1 Å². The number of aryl methyl sites for hydroxylation is 1. The first-order valence-electron chi connectivity index (χ1n) is 9.07. The molecule has 4 rings (SSSR count). The summed E-state index contributed by atoms with van der Waals surface area (Å²) in [4.78, 5) is 19.2. The van der Waals surface area contributed by atoms with Crippen LogP contribution in [0.4, 0.5) is 5.00 Å². The third kappa shape index (κ3) is 3.85. The van der Waals surface area contributed by atoms with Crippen molar-refractivity contribution in [3.05, 3.63) is 52.5 Å². The Morgan fingerprint density at radius 2 is 2.07 bits per heavy atom. The number of nitrogens with zero attached hydrogens (tertiary/aromatic N) is 2. The predicted octanol–water partition coefficient (Wildman–Crippen LogP) is 5.17. The Labute approximate surface area is 166 Å². The van der Waals surface area contributed by atoms with E-state index in [0.717, 1.165) is 47.0 Å². The highest BCUT2D eigenvalue weighted by Crippen LogP contribution is 2.37. The number of carbonyl (C=O) groups excluding carboxylic acids is 1. The number of thiophene rings is 1. The van der Waals surface area contributed by atoms with Crippen molar-refractivity contribution >= 4 is 44.9 Å². The molecule has 0 bridgehead atoms. The van der Waals surface area contributed by atoms with E-state index in [4.69, 9.17) is 0 Å². The van der Waals surface area contributed by atoms with Crippen LogP contribution in [-0.4, -0.2) is 16.6 Å². The second-order valence-electron chi connectivity index (χ2n) is 6.55. The molecule has 0 saturated carbocycles. The minimum absolute atomic E-state index is 0.0826. The Kier molecular flexibility index (Phi) is 5.42. The van der Waals surface area contributed by atoms with Crippen molar-refractivity contribution in [1.82, 2.24) is 4.98 Å². The lowest BCUT2D eigenvalue weighted by atomic mass is 10.1. The van der Waals surface area contributed by atoms with E-state index in [1.165, 1.54) is 23.1 Å². The fourth-order valence-corrected chi connectivity index (χ4v) is 5.54. The van der Waals surface area contributed by atoms with Crippen molar-refractivity contribution in [3.63, 3.8) is 0 Å². The monoisotopic (exact) mass is 393 g/mol. The van der Waals surface area contributed by atoms with Gasteiger partial charge in [0.15, 0.2) is 0 Å². The van der Waals surface area contributed by atoms with E-state index in [1.807, 2.05) is 30.3 Å². The van der Waals surface area contributed by atoms with Crippen LogP contribution in [0.5, 0.6) is 0 Å². The average Bonchev–Trinajstić information content (AvgIpc) is 2.85. The van der Waals surface area contributed by atoms with E-state index in [9.17, 15) is 10.1 Å². The van der Waals surface area contributed by atoms with E-state index < -0.39 is 0 Å². The Balaban J connectivity index is 1.48. The Bertz CT molecular complexity index is 1030. The number of carbonyl (C=O) groups is 1. The number of fused-ring (bicyclic) bond motifs is 2. The van der Waals surface area contributed by atoms with Crippen molar-refractivity contribution < 1.29 is 4.79 Å². The molecule has 0 fully saturated rings. The lowest BCUT2D eigenvalue weighted by Crippen LogP contribution is -2.14. The van der Waals surface area contributed by atoms with Gasteiger partial charge in [0.25, 0.3) is 0 Å². The Morgan fingerprint density at radius 3 is 2.96 bits per heavy atom. The van der Waals surface area contributed by atoms with Crippen molar-refractivity contribution in [2.24, 2.45) is 0 Å². The van der Waals surface area contributed by atoms with Crippen LogP contribution in [0.3, 0.4) is 0 Å². The molecule has 3 aromatic rings. The summed E-state index contributed by atoms with van der Waals surface area (Å²) >= 11 is 3.05. The summed E-state index contributed by atoms with van der Waals surface area (Å²) in [6.45, 7) is 0. The van der Waals surface area contributed by atoms with Gasteiger partial charge in [-0.05, 0) is 43.4 Å². The normalized spacial score (nSPS) is 13.6. The molecule has 27 heavy (non-hydrogen) atoms. The number of rotatable bonds is 4. The van der Waals surface area contributed by atoms with Gasteiger partial charge in [-0.2, -0.15) is 5.26 Å². The molecule has 1 aliphatic carbocycles. The number of pyridine rings is 1. The highest BCUT2D eigenvalue weighted by Gasteiger charge is 2.21. The van der Waals surface area contributed by atoms with E-state index in [2.05, 4.69) is 16.4 Å². The summed E-state index contributed by atoms with van der Waals surface area (Å²) < 4.78 is 0. The van der Waals surface area contributed by atoms with Gasteiger partial charge in [0.05, 0.1) is 16.8 Å². The van der Waals surface area contributed by atoms with Gasteiger partial charge in [-0.25, -0.2) is 0 Å². The van der Waals surface area contributed by atoms with Crippen LogP contribution in [0, 0.1) is 11.3 Å². The van der Waals surface area contributed by atoms with Crippen molar-refractivity contribution in [2.75, 3.05) is 11.1 Å². The van der Waals surface area contributed by atoms with E-state index in [0.29, 0.717) is 16.3 Å². The van der Waals surface area contributed by atoms with Crippen molar-refractivity contribution in [2.45, 2.75) is 37.0 Å². The molecule has 0 spiro atoms.